The maximum absolute atomic E-state index is 5.05. The summed E-state index contributed by atoms with van der Waals surface area (Å²) >= 11 is 0. The van der Waals surface area contributed by atoms with Gasteiger partial charge in [-0.05, 0) is 67.7 Å². The number of pyridine rings is 1. The van der Waals surface area contributed by atoms with E-state index in [0.29, 0.717) is 5.82 Å². The highest BCUT2D eigenvalue weighted by atomic mass is 14.9. The van der Waals surface area contributed by atoms with E-state index in [1.165, 1.54) is 43.4 Å². The molecule has 48 heavy (non-hydrogen) atoms. The minimum absolute atomic E-state index is 0.703. The maximum atomic E-state index is 5.05. The molecule has 2 aromatic heterocycles. The molecular formula is C45H29N3. The first kappa shape index (κ1) is 27.8. The zero-order valence-corrected chi connectivity index (χ0v) is 26.1. The Balaban J connectivity index is 1.11. The van der Waals surface area contributed by atoms with Gasteiger partial charge in [0.25, 0.3) is 0 Å². The minimum atomic E-state index is 0.703. The molecule has 0 saturated carbocycles. The third kappa shape index (κ3) is 4.99. The molecule has 0 radical (unpaired) electrons. The molecule has 7 aromatic carbocycles. The van der Waals surface area contributed by atoms with Crippen LogP contribution in [0.4, 0.5) is 0 Å². The van der Waals surface area contributed by atoms with Gasteiger partial charge in [0.05, 0.1) is 17.1 Å². The second-order valence-electron chi connectivity index (χ2n) is 12.0. The summed E-state index contributed by atoms with van der Waals surface area (Å²) in [4.78, 5) is 14.6. The molecule has 0 saturated heterocycles. The van der Waals surface area contributed by atoms with Gasteiger partial charge in [-0.1, -0.05) is 146 Å². The van der Waals surface area contributed by atoms with Gasteiger partial charge in [0.15, 0.2) is 5.82 Å². The van der Waals surface area contributed by atoms with Gasteiger partial charge in [-0.3, -0.25) is 4.98 Å². The van der Waals surface area contributed by atoms with Crippen molar-refractivity contribution >= 4 is 32.3 Å². The molecule has 0 aliphatic carbocycles. The first-order valence-electron chi connectivity index (χ1n) is 16.2. The highest BCUT2D eigenvalue weighted by Crippen LogP contribution is 2.37. The Kier molecular flexibility index (Phi) is 6.80. The molecule has 2 heterocycles. The molecule has 0 atom stereocenters. The maximum Gasteiger partial charge on any atom is 0.160 e. The molecule has 0 aliphatic rings. The lowest BCUT2D eigenvalue weighted by Gasteiger charge is -2.13. The normalized spacial score (nSPS) is 11.3. The van der Waals surface area contributed by atoms with Gasteiger partial charge in [-0.25, -0.2) is 9.97 Å². The van der Waals surface area contributed by atoms with Crippen molar-refractivity contribution in [3.63, 3.8) is 0 Å². The fourth-order valence-corrected chi connectivity index (χ4v) is 6.73. The molecule has 0 N–H and O–H groups in total. The van der Waals surface area contributed by atoms with Crippen molar-refractivity contribution in [2.45, 2.75) is 0 Å². The molecule has 9 rings (SSSR count). The number of benzene rings is 7. The first-order valence-corrected chi connectivity index (χ1v) is 16.2. The third-order valence-electron chi connectivity index (χ3n) is 9.16. The zero-order chi connectivity index (χ0) is 31.9. The van der Waals surface area contributed by atoms with Crippen molar-refractivity contribution in [2.24, 2.45) is 0 Å². The van der Waals surface area contributed by atoms with E-state index in [-0.39, 0.29) is 0 Å². The van der Waals surface area contributed by atoms with Crippen LogP contribution in [0.1, 0.15) is 0 Å². The van der Waals surface area contributed by atoms with Crippen LogP contribution in [-0.2, 0) is 0 Å². The van der Waals surface area contributed by atoms with E-state index in [9.17, 15) is 0 Å². The summed E-state index contributed by atoms with van der Waals surface area (Å²) in [6, 6.07) is 59.7. The highest BCUT2D eigenvalue weighted by Gasteiger charge is 2.13. The van der Waals surface area contributed by atoms with Crippen molar-refractivity contribution in [3.8, 4) is 56.3 Å². The van der Waals surface area contributed by atoms with Crippen LogP contribution < -0.4 is 0 Å². The Hall–Kier alpha value is -6.45. The van der Waals surface area contributed by atoms with Crippen LogP contribution in [0.25, 0.3) is 88.6 Å². The molecule has 9 aromatic rings. The van der Waals surface area contributed by atoms with Crippen LogP contribution in [0.2, 0.25) is 0 Å². The fraction of sp³-hybridized carbons (Fsp3) is 0. The summed E-state index contributed by atoms with van der Waals surface area (Å²) in [5.41, 5.74) is 9.20. The number of rotatable bonds is 5. The van der Waals surface area contributed by atoms with Crippen LogP contribution in [0.15, 0.2) is 176 Å². The van der Waals surface area contributed by atoms with Crippen LogP contribution >= 0.6 is 0 Å². The van der Waals surface area contributed by atoms with Crippen molar-refractivity contribution in [3.05, 3.63) is 176 Å². The quantitative estimate of drug-likeness (QED) is 0.182. The minimum Gasteiger partial charge on any atom is -0.256 e. The second kappa shape index (κ2) is 11.7. The molecule has 0 aliphatic heterocycles. The number of hydrogen-bond acceptors (Lipinski definition) is 3. The van der Waals surface area contributed by atoms with Gasteiger partial charge in [-0.2, -0.15) is 0 Å². The van der Waals surface area contributed by atoms with Crippen LogP contribution in [-0.4, -0.2) is 15.0 Å². The monoisotopic (exact) mass is 611 g/mol. The summed E-state index contributed by atoms with van der Waals surface area (Å²) in [5, 5.41) is 7.69. The third-order valence-corrected chi connectivity index (χ3v) is 9.16. The largest absolute Gasteiger partial charge is 0.256 e. The summed E-state index contributed by atoms with van der Waals surface area (Å²) in [7, 11) is 0. The number of fused-ring (bicyclic) bond motifs is 6. The standard InChI is InChI=1S/C45H29N3/c1-2-10-34(11-3-1)45-47-43(29-44(48-45)33-23-21-31(22-24-33)42-16-8-9-27-46-42)32-19-17-30(18-20-32)35-25-26-40-38-14-5-4-12-36(38)37-13-6-7-15-39(37)41(40)28-35/h1-29H. The molecule has 0 amide bonds. The van der Waals surface area contributed by atoms with Crippen LogP contribution in [0.5, 0.6) is 0 Å². The lowest BCUT2D eigenvalue weighted by molar-refractivity contribution is 1.18. The van der Waals surface area contributed by atoms with Crippen LogP contribution in [0, 0.1) is 0 Å². The Morgan fingerprint density at radius 2 is 0.729 bits per heavy atom. The van der Waals surface area contributed by atoms with E-state index in [1.54, 1.807) is 0 Å². The molecule has 3 heteroatoms. The predicted molar refractivity (Wildman–Crippen MR) is 200 cm³/mol. The van der Waals surface area contributed by atoms with Crippen LogP contribution in [0.3, 0.4) is 0 Å². The van der Waals surface area contributed by atoms with Gasteiger partial charge in [0, 0.05) is 28.5 Å². The Bertz CT molecular complexity index is 2540. The van der Waals surface area contributed by atoms with Gasteiger partial charge >= 0.3 is 0 Å². The SMILES string of the molecule is c1ccc(-c2nc(-c3ccc(-c4ccc5c6ccccc6c6ccccc6c5c4)cc3)cc(-c3ccc(-c4ccccn4)cc3)n2)cc1. The molecule has 0 bridgehead atoms. The number of nitrogens with zero attached hydrogens (tertiary/aromatic N) is 3. The lowest BCUT2D eigenvalue weighted by Crippen LogP contribution is -1.96. The van der Waals surface area contributed by atoms with E-state index in [2.05, 4.69) is 138 Å². The van der Waals surface area contributed by atoms with Crippen molar-refractivity contribution < 1.29 is 0 Å². The van der Waals surface area contributed by atoms with Crippen molar-refractivity contribution in [1.29, 1.82) is 0 Å². The fourth-order valence-electron chi connectivity index (χ4n) is 6.73. The Morgan fingerprint density at radius 3 is 1.29 bits per heavy atom. The topological polar surface area (TPSA) is 38.7 Å². The summed E-state index contributed by atoms with van der Waals surface area (Å²) in [6.07, 6.45) is 1.82. The van der Waals surface area contributed by atoms with Gasteiger partial charge in [-0.15, -0.1) is 0 Å². The van der Waals surface area contributed by atoms with E-state index < -0.39 is 0 Å². The Labute approximate surface area is 278 Å². The average Bonchev–Trinajstić information content (AvgIpc) is 3.18. The summed E-state index contributed by atoms with van der Waals surface area (Å²) in [6.45, 7) is 0. The molecule has 3 nitrogen and oxygen atoms in total. The Morgan fingerprint density at radius 1 is 0.271 bits per heavy atom. The van der Waals surface area contributed by atoms with E-state index in [4.69, 9.17) is 9.97 Å². The zero-order valence-electron chi connectivity index (χ0n) is 26.1. The molecule has 0 spiro atoms. The average molecular weight is 612 g/mol. The second-order valence-corrected chi connectivity index (χ2v) is 12.0. The summed E-state index contributed by atoms with van der Waals surface area (Å²) < 4.78 is 0. The van der Waals surface area contributed by atoms with E-state index in [1.807, 2.05) is 42.6 Å². The molecule has 0 fully saturated rings. The molecule has 0 unspecified atom stereocenters. The van der Waals surface area contributed by atoms with Crippen molar-refractivity contribution in [1.82, 2.24) is 15.0 Å². The van der Waals surface area contributed by atoms with Crippen molar-refractivity contribution in [2.75, 3.05) is 0 Å². The van der Waals surface area contributed by atoms with Gasteiger partial charge < -0.3 is 0 Å². The smallest absolute Gasteiger partial charge is 0.160 e. The van der Waals surface area contributed by atoms with E-state index >= 15 is 0 Å². The lowest BCUT2D eigenvalue weighted by atomic mass is 9.92. The molecular weight excluding hydrogens is 583 g/mol. The first-order chi connectivity index (χ1) is 23.8. The summed E-state index contributed by atoms with van der Waals surface area (Å²) in [5.74, 6) is 0.703. The number of aromatic nitrogens is 3. The van der Waals surface area contributed by atoms with Gasteiger partial charge in [0.1, 0.15) is 0 Å². The van der Waals surface area contributed by atoms with Gasteiger partial charge in [0.2, 0.25) is 0 Å². The predicted octanol–water partition coefficient (Wildman–Crippen LogP) is 11.7. The highest BCUT2D eigenvalue weighted by molar-refractivity contribution is 6.25. The van der Waals surface area contributed by atoms with E-state index in [0.717, 1.165) is 39.3 Å². The molecule has 224 valence electrons. The number of hydrogen-bond donors (Lipinski definition) is 0.